The van der Waals surface area contributed by atoms with Crippen molar-refractivity contribution in [1.29, 1.82) is 0 Å². The molecule has 4 atom stereocenters. The summed E-state index contributed by atoms with van der Waals surface area (Å²) in [6, 6.07) is 0. The molecule has 4 aliphatic rings. The zero-order valence-electron chi connectivity index (χ0n) is 5.43. The summed E-state index contributed by atoms with van der Waals surface area (Å²) in [5, 5.41) is 0. The zero-order valence-corrected chi connectivity index (χ0v) is 5.43. The summed E-state index contributed by atoms with van der Waals surface area (Å²) in [6.45, 7) is 0. The number of hydrogen-bond acceptors (Lipinski definition) is 0. The van der Waals surface area contributed by atoms with Crippen LogP contribution in [-0.2, 0) is 0 Å². The molecule has 0 heterocycles. The maximum absolute atomic E-state index is 2.52. The fourth-order valence-electron chi connectivity index (χ4n) is 3.26. The van der Waals surface area contributed by atoms with Gasteiger partial charge in [-0.2, -0.15) is 0 Å². The third kappa shape index (κ3) is 0.253. The van der Waals surface area contributed by atoms with Crippen molar-refractivity contribution in [3.8, 4) is 0 Å². The van der Waals surface area contributed by atoms with Crippen molar-refractivity contribution < 1.29 is 0 Å². The molecule has 0 aromatic carbocycles. The standard InChI is InChI=1S/C9H10/c1-5-2-7(5)8-4-9(8)3-6(1)9/h2,6-8H,1,3-4H2. The van der Waals surface area contributed by atoms with Gasteiger partial charge >= 0.3 is 0 Å². The number of allylic oxidation sites excluding steroid dienone is 2. The lowest BCUT2D eigenvalue weighted by Gasteiger charge is -2.04. The normalized spacial score (nSPS) is 71.1. The fraction of sp³-hybridized carbons (Fsp3) is 0.778. The highest BCUT2D eigenvalue weighted by atomic mass is 14.8. The predicted molar refractivity (Wildman–Crippen MR) is 34.8 cm³/mol. The van der Waals surface area contributed by atoms with Gasteiger partial charge in [0.15, 0.2) is 0 Å². The van der Waals surface area contributed by atoms with Gasteiger partial charge in [0, 0.05) is 5.92 Å². The largest absolute Gasteiger partial charge is 0.0772 e. The second-order valence-corrected chi connectivity index (χ2v) is 4.42. The molecular weight excluding hydrogens is 108 g/mol. The Bertz CT molecular complexity index is 238. The Morgan fingerprint density at radius 1 is 1.44 bits per heavy atom. The summed E-state index contributed by atoms with van der Waals surface area (Å²) in [6.07, 6.45) is 7.22. The Balaban J connectivity index is 1.89. The predicted octanol–water partition coefficient (Wildman–Crippen LogP) is 1.97. The van der Waals surface area contributed by atoms with Crippen LogP contribution in [0.15, 0.2) is 11.6 Å². The fourth-order valence-corrected chi connectivity index (χ4v) is 3.26. The van der Waals surface area contributed by atoms with Crippen LogP contribution in [-0.4, -0.2) is 0 Å². The first-order chi connectivity index (χ1) is 4.40. The molecule has 0 aromatic heterocycles. The number of rotatable bonds is 0. The van der Waals surface area contributed by atoms with Crippen LogP contribution in [0.3, 0.4) is 0 Å². The summed E-state index contributed by atoms with van der Waals surface area (Å²) in [7, 11) is 0. The van der Waals surface area contributed by atoms with E-state index in [0.717, 1.165) is 11.3 Å². The summed E-state index contributed by atoms with van der Waals surface area (Å²) < 4.78 is 0. The van der Waals surface area contributed by atoms with Crippen LogP contribution in [0.1, 0.15) is 19.3 Å². The molecule has 3 saturated carbocycles. The monoisotopic (exact) mass is 118 g/mol. The molecule has 0 amide bonds. The molecule has 0 radical (unpaired) electrons. The minimum Gasteiger partial charge on any atom is -0.0772 e. The Labute approximate surface area is 54.9 Å². The highest BCUT2D eigenvalue weighted by Crippen LogP contribution is 2.84. The Hall–Kier alpha value is -0.260. The van der Waals surface area contributed by atoms with Crippen molar-refractivity contribution >= 4 is 0 Å². The summed E-state index contributed by atoms with van der Waals surface area (Å²) >= 11 is 0. The van der Waals surface area contributed by atoms with Crippen molar-refractivity contribution in [3.63, 3.8) is 0 Å². The highest BCUT2D eigenvalue weighted by Gasteiger charge is 2.76. The maximum Gasteiger partial charge on any atom is 0.00138 e. The smallest absolute Gasteiger partial charge is 0.00138 e. The lowest BCUT2D eigenvalue weighted by Crippen LogP contribution is -1.97. The first kappa shape index (κ1) is 3.80. The minimum atomic E-state index is 0.973. The van der Waals surface area contributed by atoms with Gasteiger partial charge in [0.05, 0.1) is 0 Å². The lowest BCUT2D eigenvalue weighted by atomic mass is 10.0. The van der Waals surface area contributed by atoms with Crippen LogP contribution in [0.25, 0.3) is 0 Å². The van der Waals surface area contributed by atoms with Crippen molar-refractivity contribution in [2.75, 3.05) is 0 Å². The maximum atomic E-state index is 2.52. The molecule has 0 bridgehead atoms. The van der Waals surface area contributed by atoms with E-state index in [1.54, 1.807) is 12.8 Å². The average Bonchev–Trinajstić information content (AvgIpc) is 2.57. The Morgan fingerprint density at radius 3 is 3.44 bits per heavy atom. The molecule has 4 aliphatic carbocycles. The van der Waals surface area contributed by atoms with Crippen molar-refractivity contribution in [2.45, 2.75) is 19.3 Å². The van der Waals surface area contributed by atoms with Gasteiger partial charge < -0.3 is 0 Å². The first-order valence-electron chi connectivity index (χ1n) is 4.11. The second-order valence-electron chi connectivity index (χ2n) is 4.42. The zero-order chi connectivity index (χ0) is 5.64. The van der Waals surface area contributed by atoms with E-state index in [1.165, 1.54) is 18.3 Å². The summed E-state index contributed by atoms with van der Waals surface area (Å²) in [5.41, 5.74) is 2.80. The van der Waals surface area contributed by atoms with Gasteiger partial charge in [0.1, 0.15) is 0 Å². The quantitative estimate of drug-likeness (QED) is 0.426. The molecule has 1 spiro atoms. The van der Waals surface area contributed by atoms with Crippen LogP contribution in [0.5, 0.6) is 0 Å². The van der Waals surface area contributed by atoms with E-state index in [1.807, 2.05) is 5.57 Å². The molecule has 0 saturated heterocycles. The SMILES string of the molecule is C1=C2CC3CC34CC4C12. The van der Waals surface area contributed by atoms with E-state index in [-0.39, 0.29) is 0 Å². The third-order valence-electron chi connectivity index (χ3n) is 4.09. The van der Waals surface area contributed by atoms with E-state index in [2.05, 4.69) is 6.08 Å². The van der Waals surface area contributed by atoms with Crippen LogP contribution in [0.2, 0.25) is 0 Å². The van der Waals surface area contributed by atoms with Crippen LogP contribution < -0.4 is 0 Å². The highest BCUT2D eigenvalue weighted by molar-refractivity contribution is 5.44. The van der Waals surface area contributed by atoms with Crippen LogP contribution in [0, 0.1) is 23.2 Å². The molecule has 0 aromatic rings. The average molecular weight is 118 g/mol. The van der Waals surface area contributed by atoms with Gasteiger partial charge in [-0.15, -0.1) is 0 Å². The minimum absolute atomic E-state index is 0.973. The molecule has 0 nitrogen and oxygen atoms in total. The molecule has 46 valence electrons. The third-order valence-corrected chi connectivity index (χ3v) is 4.09. The Kier molecular flexibility index (Phi) is 0.314. The Morgan fingerprint density at radius 2 is 2.44 bits per heavy atom. The van der Waals surface area contributed by atoms with Gasteiger partial charge in [-0.25, -0.2) is 0 Å². The number of fused-ring (bicyclic) bond motifs is 2. The summed E-state index contributed by atoms with van der Waals surface area (Å²) in [5.74, 6) is 3.39. The van der Waals surface area contributed by atoms with E-state index in [4.69, 9.17) is 0 Å². The van der Waals surface area contributed by atoms with Crippen molar-refractivity contribution in [1.82, 2.24) is 0 Å². The van der Waals surface area contributed by atoms with Gasteiger partial charge in [0.2, 0.25) is 0 Å². The van der Waals surface area contributed by atoms with Crippen LogP contribution >= 0.6 is 0 Å². The van der Waals surface area contributed by atoms with E-state index < -0.39 is 0 Å². The first-order valence-corrected chi connectivity index (χ1v) is 4.11. The molecule has 3 fully saturated rings. The van der Waals surface area contributed by atoms with Crippen molar-refractivity contribution in [3.05, 3.63) is 11.6 Å². The van der Waals surface area contributed by atoms with Gasteiger partial charge in [-0.1, -0.05) is 11.6 Å². The lowest BCUT2D eigenvalue weighted by molar-refractivity contribution is 0.538. The van der Waals surface area contributed by atoms with E-state index >= 15 is 0 Å². The van der Waals surface area contributed by atoms with Gasteiger partial charge in [-0.3, -0.25) is 0 Å². The second kappa shape index (κ2) is 0.744. The molecular formula is C9H10. The van der Waals surface area contributed by atoms with E-state index in [0.29, 0.717) is 0 Å². The molecule has 9 heavy (non-hydrogen) atoms. The molecule has 4 unspecified atom stereocenters. The summed E-state index contributed by atoms with van der Waals surface area (Å²) in [4.78, 5) is 0. The molecule has 0 aliphatic heterocycles. The van der Waals surface area contributed by atoms with Crippen LogP contribution in [0.4, 0.5) is 0 Å². The molecule has 0 N–H and O–H groups in total. The van der Waals surface area contributed by atoms with Gasteiger partial charge in [-0.05, 0) is 36.5 Å². The molecule has 4 rings (SSSR count). The number of hydrogen-bond donors (Lipinski definition) is 0. The van der Waals surface area contributed by atoms with E-state index in [9.17, 15) is 0 Å². The topological polar surface area (TPSA) is 0 Å². The van der Waals surface area contributed by atoms with Gasteiger partial charge in [0.25, 0.3) is 0 Å². The van der Waals surface area contributed by atoms with Crippen molar-refractivity contribution in [2.24, 2.45) is 23.2 Å². The molecule has 0 heteroatoms.